The molecule has 3 aromatic carbocycles. The number of carbonyl (C=O) groups is 1. The van der Waals surface area contributed by atoms with Crippen molar-refractivity contribution >= 4 is 44.2 Å². The summed E-state index contributed by atoms with van der Waals surface area (Å²) in [4.78, 5) is 20.3. The Labute approximate surface area is 201 Å². The number of anilines is 1. The van der Waals surface area contributed by atoms with E-state index in [0.29, 0.717) is 39.5 Å². The molecule has 170 valence electrons. The third-order valence-corrected chi connectivity index (χ3v) is 6.76. The number of methoxy groups -OCH3 is 3. The molecule has 0 N–H and O–H groups in total. The van der Waals surface area contributed by atoms with Gasteiger partial charge in [-0.15, -0.1) is 0 Å². The first-order valence-electron chi connectivity index (χ1n) is 10.2. The largest absolute Gasteiger partial charge is 0.493 e. The molecule has 1 heterocycles. The van der Waals surface area contributed by atoms with Crippen molar-refractivity contribution in [3.05, 3.63) is 76.3 Å². The van der Waals surface area contributed by atoms with Crippen LogP contribution < -0.4 is 19.1 Å². The summed E-state index contributed by atoms with van der Waals surface area (Å²) in [7, 11) is 4.57. The molecule has 8 heteroatoms. The molecule has 1 amide bonds. The van der Waals surface area contributed by atoms with Crippen molar-refractivity contribution in [1.82, 2.24) is 4.98 Å². The molecule has 0 fully saturated rings. The summed E-state index contributed by atoms with van der Waals surface area (Å²) in [6.45, 7) is 2.28. The first-order chi connectivity index (χ1) is 16.0. The van der Waals surface area contributed by atoms with Crippen LogP contribution in [0.15, 0.2) is 54.6 Å². The summed E-state index contributed by atoms with van der Waals surface area (Å²) in [5, 5.41) is 1.22. The maximum absolute atomic E-state index is 13.8. The Hall–Kier alpha value is -3.29. The van der Waals surface area contributed by atoms with E-state index in [9.17, 15) is 4.79 Å². The zero-order valence-electron chi connectivity index (χ0n) is 18.7. The number of halogens is 1. The fourth-order valence-electron chi connectivity index (χ4n) is 3.56. The Balaban J connectivity index is 1.83. The lowest BCUT2D eigenvalue weighted by atomic mass is 10.1. The minimum Gasteiger partial charge on any atom is -0.493 e. The van der Waals surface area contributed by atoms with Crippen LogP contribution in [0.3, 0.4) is 0 Å². The van der Waals surface area contributed by atoms with E-state index in [1.165, 1.54) is 32.7 Å². The average Bonchev–Trinajstić information content (AvgIpc) is 3.28. The molecule has 0 aliphatic rings. The van der Waals surface area contributed by atoms with E-state index >= 15 is 0 Å². The highest BCUT2D eigenvalue weighted by Crippen LogP contribution is 2.40. The van der Waals surface area contributed by atoms with Gasteiger partial charge >= 0.3 is 0 Å². The van der Waals surface area contributed by atoms with Crippen LogP contribution >= 0.6 is 22.9 Å². The maximum atomic E-state index is 13.8. The molecule has 33 heavy (non-hydrogen) atoms. The van der Waals surface area contributed by atoms with E-state index in [2.05, 4.69) is 0 Å². The Morgan fingerprint density at radius 2 is 1.67 bits per heavy atom. The van der Waals surface area contributed by atoms with Crippen LogP contribution in [0.2, 0.25) is 5.02 Å². The lowest BCUT2D eigenvalue weighted by Gasteiger charge is -2.21. The second-order valence-corrected chi connectivity index (χ2v) is 8.72. The summed E-state index contributed by atoms with van der Waals surface area (Å²) in [5.41, 5.74) is 3.05. The van der Waals surface area contributed by atoms with Crippen LogP contribution in [0.1, 0.15) is 21.5 Å². The van der Waals surface area contributed by atoms with Crippen LogP contribution in [0.25, 0.3) is 10.2 Å². The van der Waals surface area contributed by atoms with Gasteiger partial charge in [0, 0.05) is 10.6 Å². The second kappa shape index (κ2) is 9.68. The molecule has 4 rings (SSSR count). The van der Waals surface area contributed by atoms with Crippen LogP contribution in [-0.4, -0.2) is 32.2 Å². The number of amides is 1. The molecular weight excluding hydrogens is 460 g/mol. The highest BCUT2D eigenvalue weighted by atomic mass is 35.5. The molecule has 0 saturated heterocycles. The van der Waals surface area contributed by atoms with E-state index in [1.807, 2.05) is 49.4 Å². The molecule has 0 aliphatic heterocycles. The minimum absolute atomic E-state index is 0.235. The number of ether oxygens (including phenoxy) is 3. The Morgan fingerprint density at radius 3 is 2.27 bits per heavy atom. The number of carbonyl (C=O) groups excluding carboxylic acids is 1. The van der Waals surface area contributed by atoms with E-state index in [-0.39, 0.29) is 5.91 Å². The highest BCUT2D eigenvalue weighted by Gasteiger charge is 2.25. The van der Waals surface area contributed by atoms with Crippen molar-refractivity contribution in [3.8, 4) is 17.2 Å². The van der Waals surface area contributed by atoms with Gasteiger partial charge in [-0.25, -0.2) is 4.98 Å². The molecule has 0 unspecified atom stereocenters. The molecule has 0 atom stereocenters. The molecule has 0 radical (unpaired) electrons. The topological polar surface area (TPSA) is 60.9 Å². The SMILES string of the molecule is COc1cc(C(=O)N(Cc2ccccc2)c2nc3c(C)c(Cl)ccc3s2)cc(OC)c1OC. The van der Waals surface area contributed by atoms with Crippen molar-refractivity contribution in [1.29, 1.82) is 0 Å². The molecule has 6 nitrogen and oxygen atoms in total. The molecule has 0 bridgehead atoms. The smallest absolute Gasteiger partial charge is 0.260 e. The van der Waals surface area contributed by atoms with Gasteiger partial charge in [-0.3, -0.25) is 9.69 Å². The van der Waals surface area contributed by atoms with Gasteiger partial charge in [0.1, 0.15) is 0 Å². The Morgan fingerprint density at radius 1 is 1.00 bits per heavy atom. The molecular formula is C25H23ClN2O4S. The summed E-state index contributed by atoms with van der Waals surface area (Å²) in [6.07, 6.45) is 0. The quantitative estimate of drug-likeness (QED) is 0.317. The van der Waals surface area contributed by atoms with Crippen LogP contribution in [0.5, 0.6) is 17.2 Å². The molecule has 0 spiro atoms. The van der Waals surface area contributed by atoms with Gasteiger partial charge in [0.25, 0.3) is 5.91 Å². The number of benzene rings is 3. The molecule has 0 aliphatic carbocycles. The van der Waals surface area contributed by atoms with E-state index in [4.69, 9.17) is 30.8 Å². The lowest BCUT2D eigenvalue weighted by Crippen LogP contribution is -2.30. The van der Waals surface area contributed by atoms with Gasteiger partial charge in [0.05, 0.1) is 38.1 Å². The summed E-state index contributed by atoms with van der Waals surface area (Å²) >= 11 is 7.75. The van der Waals surface area contributed by atoms with E-state index in [0.717, 1.165) is 21.3 Å². The second-order valence-electron chi connectivity index (χ2n) is 7.31. The number of aromatic nitrogens is 1. The third kappa shape index (κ3) is 4.47. The number of hydrogen-bond acceptors (Lipinski definition) is 6. The Bertz CT molecular complexity index is 1280. The van der Waals surface area contributed by atoms with Gasteiger partial charge in [-0.1, -0.05) is 53.3 Å². The van der Waals surface area contributed by atoms with E-state index in [1.54, 1.807) is 17.0 Å². The minimum atomic E-state index is -0.235. The van der Waals surface area contributed by atoms with Gasteiger partial charge in [0.2, 0.25) is 5.75 Å². The standard InChI is InChI=1S/C25H23ClN2O4S/c1-15-18(26)10-11-21-22(15)27-25(33-21)28(14-16-8-6-5-7-9-16)24(29)17-12-19(30-2)23(32-4)20(13-17)31-3/h5-13H,14H2,1-4H3. The van der Waals surface area contributed by atoms with Crippen molar-refractivity contribution in [2.75, 3.05) is 26.2 Å². The monoisotopic (exact) mass is 482 g/mol. The third-order valence-electron chi connectivity index (χ3n) is 5.31. The predicted molar refractivity (Wildman–Crippen MR) is 132 cm³/mol. The number of aryl methyl sites for hydroxylation is 1. The van der Waals surface area contributed by atoms with Crippen LogP contribution in [0.4, 0.5) is 5.13 Å². The van der Waals surface area contributed by atoms with Gasteiger partial charge in [-0.05, 0) is 42.3 Å². The van der Waals surface area contributed by atoms with E-state index < -0.39 is 0 Å². The number of thiazole rings is 1. The Kier molecular flexibility index (Phi) is 6.72. The van der Waals surface area contributed by atoms with Crippen LogP contribution in [-0.2, 0) is 6.54 Å². The highest BCUT2D eigenvalue weighted by molar-refractivity contribution is 7.22. The molecule has 0 saturated carbocycles. The van der Waals surface area contributed by atoms with Gasteiger partial charge in [0.15, 0.2) is 16.6 Å². The summed E-state index contributed by atoms with van der Waals surface area (Å²) in [5.74, 6) is 1.01. The van der Waals surface area contributed by atoms with Crippen molar-refractivity contribution in [2.24, 2.45) is 0 Å². The summed E-state index contributed by atoms with van der Waals surface area (Å²) < 4.78 is 17.3. The number of rotatable bonds is 7. The fraction of sp³-hybridized carbons (Fsp3) is 0.200. The first kappa shape index (κ1) is 22.9. The molecule has 4 aromatic rings. The number of fused-ring (bicyclic) bond motifs is 1. The lowest BCUT2D eigenvalue weighted by molar-refractivity contribution is 0.0984. The zero-order chi connectivity index (χ0) is 23.5. The number of nitrogens with zero attached hydrogens (tertiary/aromatic N) is 2. The summed E-state index contributed by atoms with van der Waals surface area (Å²) in [6, 6.07) is 16.9. The van der Waals surface area contributed by atoms with Gasteiger partial charge in [-0.2, -0.15) is 0 Å². The average molecular weight is 483 g/mol. The van der Waals surface area contributed by atoms with Crippen molar-refractivity contribution in [3.63, 3.8) is 0 Å². The normalized spacial score (nSPS) is 10.8. The van der Waals surface area contributed by atoms with Gasteiger partial charge < -0.3 is 14.2 Å². The first-order valence-corrected chi connectivity index (χ1v) is 11.4. The maximum Gasteiger partial charge on any atom is 0.260 e. The predicted octanol–water partition coefficient (Wildman–Crippen LogP) is 6.13. The molecule has 1 aromatic heterocycles. The van der Waals surface area contributed by atoms with Crippen LogP contribution in [0, 0.1) is 6.92 Å². The zero-order valence-corrected chi connectivity index (χ0v) is 20.3. The number of hydrogen-bond donors (Lipinski definition) is 0. The van der Waals surface area contributed by atoms with Crippen molar-refractivity contribution in [2.45, 2.75) is 13.5 Å². The fourth-order valence-corrected chi connectivity index (χ4v) is 4.73. The van der Waals surface area contributed by atoms with Crippen molar-refractivity contribution < 1.29 is 19.0 Å².